The lowest BCUT2D eigenvalue weighted by molar-refractivity contribution is 0.333. The molecule has 0 aromatic carbocycles. The number of nitrogens with one attached hydrogen (secondary N) is 1. The van der Waals surface area contributed by atoms with Crippen molar-refractivity contribution in [3.05, 3.63) is 0 Å². The first-order chi connectivity index (χ1) is 5.29. The van der Waals surface area contributed by atoms with Gasteiger partial charge in [-0.3, -0.25) is 0 Å². The molecule has 1 nitrogen and oxygen atoms in total. The van der Waals surface area contributed by atoms with Gasteiger partial charge in [0.1, 0.15) is 0 Å². The van der Waals surface area contributed by atoms with E-state index in [1.807, 2.05) is 0 Å². The zero-order valence-electron chi connectivity index (χ0n) is 7.64. The standard InChI is InChI=1S/C10H19N/c1-7-5-10(7)8(2)9-3-4-11-6-9/h7-11H,3-6H2,1-2H3. The Hall–Kier alpha value is -0.0400. The maximum Gasteiger partial charge on any atom is -0.00174 e. The van der Waals surface area contributed by atoms with E-state index in [0.717, 1.165) is 23.7 Å². The molecule has 4 atom stereocenters. The lowest BCUT2D eigenvalue weighted by Crippen LogP contribution is -2.17. The third kappa shape index (κ3) is 1.44. The summed E-state index contributed by atoms with van der Waals surface area (Å²) in [5.41, 5.74) is 0. The maximum atomic E-state index is 3.45. The van der Waals surface area contributed by atoms with Crippen molar-refractivity contribution in [2.24, 2.45) is 23.7 Å². The minimum atomic E-state index is 0.986. The summed E-state index contributed by atoms with van der Waals surface area (Å²) in [6.45, 7) is 7.38. The molecule has 1 saturated carbocycles. The average molecular weight is 153 g/mol. The van der Waals surface area contributed by atoms with Crippen LogP contribution in [-0.2, 0) is 0 Å². The normalized spacial score (nSPS) is 45.8. The Labute approximate surface area is 69.6 Å². The highest BCUT2D eigenvalue weighted by Crippen LogP contribution is 2.47. The van der Waals surface area contributed by atoms with Gasteiger partial charge in [0.05, 0.1) is 0 Å². The fraction of sp³-hybridized carbons (Fsp3) is 1.00. The van der Waals surface area contributed by atoms with Gasteiger partial charge in [0.15, 0.2) is 0 Å². The molecule has 64 valence electrons. The molecule has 2 rings (SSSR count). The van der Waals surface area contributed by atoms with E-state index in [1.165, 1.54) is 25.9 Å². The summed E-state index contributed by atoms with van der Waals surface area (Å²) in [5.74, 6) is 4.08. The first kappa shape index (κ1) is 7.60. The summed E-state index contributed by atoms with van der Waals surface area (Å²) < 4.78 is 0. The Balaban J connectivity index is 1.84. The van der Waals surface area contributed by atoms with Crippen molar-refractivity contribution in [1.82, 2.24) is 5.32 Å². The first-order valence-corrected chi connectivity index (χ1v) is 4.99. The van der Waals surface area contributed by atoms with Crippen molar-refractivity contribution < 1.29 is 0 Å². The van der Waals surface area contributed by atoms with Crippen LogP contribution in [0.4, 0.5) is 0 Å². The van der Waals surface area contributed by atoms with Crippen molar-refractivity contribution in [1.29, 1.82) is 0 Å². The highest BCUT2D eigenvalue weighted by atomic mass is 14.9. The highest BCUT2D eigenvalue weighted by molar-refractivity contribution is 4.91. The van der Waals surface area contributed by atoms with Crippen LogP contribution in [0.1, 0.15) is 26.7 Å². The molecule has 2 fully saturated rings. The van der Waals surface area contributed by atoms with E-state index in [4.69, 9.17) is 0 Å². The molecule has 1 aliphatic heterocycles. The van der Waals surface area contributed by atoms with Crippen LogP contribution in [0.3, 0.4) is 0 Å². The van der Waals surface area contributed by atoms with Crippen LogP contribution < -0.4 is 5.32 Å². The van der Waals surface area contributed by atoms with Gasteiger partial charge in [0.25, 0.3) is 0 Å². The lowest BCUT2D eigenvalue weighted by atomic mass is 9.88. The predicted octanol–water partition coefficient (Wildman–Crippen LogP) is 1.89. The number of hydrogen-bond acceptors (Lipinski definition) is 1. The summed E-state index contributed by atoms with van der Waals surface area (Å²) in [6, 6.07) is 0. The zero-order chi connectivity index (χ0) is 7.84. The quantitative estimate of drug-likeness (QED) is 0.639. The van der Waals surface area contributed by atoms with E-state index in [2.05, 4.69) is 19.2 Å². The number of hydrogen-bond donors (Lipinski definition) is 1. The summed E-state index contributed by atoms with van der Waals surface area (Å²) in [4.78, 5) is 0. The summed E-state index contributed by atoms with van der Waals surface area (Å²) >= 11 is 0. The topological polar surface area (TPSA) is 12.0 Å². The predicted molar refractivity (Wildman–Crippen MR) is 47.4 cm³/mol. The fourth-order valence-corrected chi connectivity index (χ4v) is 2.56. The van der Waals surface area contributed by atoms with Crippen molar-refractivity contribution in [2.75, 3.05) is 13.1 Å². The molecule has 0 radical (unpaired) electrons. The highest BCUT2D eigenvalue weighted by Gasteiger charge is 2.40. The third-order valence-electron chi connectivity index (χ3n) is 3.69. The Morgan fingerprint density at radius 3 is 2.64 bits per heavy atom. The van der Waals surface area contributed by atoms with E-state index in [0.29, 0.717) is 0 Å². The van der Waals surface area contributed by atoms with Crippen LogP contribution in [0.15, 0.2) is 0 Å². The molecule has 1 heteroatoms. The van der Waals surface area contributed by atoms with Crippen LogP contribution in [0.25, 0.3) is 0 Å². The van der Waals surface area contributed by atoms with Gasteiger partial charge < -0.3 is 5.32 Å². The van der Waals surface area contributed by atoms with E-state index < -0.39 is 0 Å². The van der Waals surface area contributed by atoms with E-state index in [-0.39, 0.29) is 0 Å². The van der Waals surface area contributed by atoms with Gasteiger partial charge in [-0.25, -0.2) is 0 Å². The van der Waals surface area contributed by atoms with Crippen LogP contribution >= 0.6 is 0 Å². The van der Waals surface area contributed by atoms with Gasteiger partial charge in [-0.05, 0) is 49.6 Å². The van der Waals surface area contributed by atoms with Gasteiger partial charge >= 0.3 is 0 Å². The minimum Gasteiger partial charge on any atom is -0.316 e. The van der Waals surface area contributed by atoms with Crippen molar-refractivity contribution in [3.8, 4) is 0 Å². The van der Waals surface area contributed by atoms with Crippen LogP contribution in [0.5, 0.6) is 0 Å². The molecule has 1 aliphatic carbocycles. The van der Waals surface area contributed by atoms with Gasteiger partial charge in [-0.1, -0.05) is 13.8 Å². The second-order valence-corrected chi connectivity index (χ2v) is 4.49. The van der Waals surface area contributed by atoms with Crippen molar-refractivity contribution in [3.63, 3.8) is 0 Å². The monoisotopic (exact) mass is 153 g/mol. The molecule has 0 aromatic heterocycles. The van der Waals surface area contributed by atoms with Crippen molar-refractivity contribution >= 4 is 0 Å². The molecule has 0 spiro atoms. The molecule has 0 aromatic rings. The van der Waals surface area contributed by atoms with Crippen LogP contribution in [0.2, 0.25) is 0 Å². The Bertz CT molecular complexity index is 138. The molecule has 1 N–H and O–H groups in total. The molecular weight excluding hydrogens is 134 g/mol. The third-order valence-corrected chi connectivity index (χ3v) is 3.69. The van der Waals surface area contributed by atoms with E-state index >= 15 is 0 Å². The SMILES string of the molecule is CC1CC1C(C)C1CCNC1. The second-order valence-electron chi connectivity index (χ2n) is 4.49. The second kappa shape index (κ2) is 2.78. The summed E-state index contributed by atoms with van der Waals surface area (Å²) in [5, 5.41) is 3.45. The summed E-state index contributed by atoms with van der Waals surface area (Å²) in [6.07, 6.45) is 2.92. The first-order valence-electron chi connectivity index (χ1n) is 4.99. The molecule has 0 amide bonds. The minimum absolute atomic E-state index is 0.986. The van der Waals surface area contributed by atoms with Gasteiger partial charge in [0, 0.05) is 0 Å². The Morgan fingerprint density at radius 2 is 2.18 bits per heavy atom. The lowest BCUT2D eigenvalue weighted by Gasteiger charge is -2.17. The van der Waals surface area contributed by atoms with Gasteiger partial charge in [-0.2, -0.15) is 0 Å². The fourth-order valence-electron chi connectivity index (χ4n) is 2.56. The largest absolute Gasteiger partial charge is 0.316 e. The Morgan fingerprint density at radius 1 is 1.45 bits per heavy atom. The van der Waals surface area contributed by atoms with Crippen molar-refractivity contribution in [2.45, 2.75) is 26.7 Å². The molecule has 11 heavy (non-hydrogen) atoms. The molecule has 0 bridgehead atoms. The summed E-state index contributed by atoms with van der Waals surface area (Å²) in [7, 11) is 0. The smallest absolute Gasteiger partial charge is 0.00174 e. The molecule has 4 unspecified atom stereocenters. The number of rotatable bonds is 2. The van der Waals surface area contributed by atoms with Gasteiger partial charge in [-0.15, -0.1) is 0 Å². The average Bonchev–Trinajstić information content (AvgIpc) is 2.56. The molecule has 2 aliphatic rings. The maximum absolute atomic E-state index is 3.45. The van der Waals surface area contributed by atoms with E-state index in [1.54, 1.807) is 0 Å². The van der Waals surface area contributed by atoms with Gasteiger partial charge in [0.2, 0.25) is 0 Å². The van der Waals surface area contributed by atoms with Crippen LogP contribution in [-0.4, -0.2) is 13.1 Å². The molecular formula is C10H19N. The van der Waals surface area contributed by atoms with E-state index in [9.17, 15) is 0 Å². The van der Waals surface area contributed by atoms with Crippen LogP contribution in [0, 0.1) is 23.7 Å². The Kier molecular flexibility index (Phi) is 1.92. The molecule has 1 saturated heterocycles. The molecule has 1 heterocycles. The zero-order valence-corrected chi connectivity index (χ0v) is 7.64.